The number of urea groups is 1. The summed E-state index contributed by atoms with van der Waals surface area (Å²) in [6.45, 7) is 1.98. The Morgan fingerprint density at radius 3 is 2.63 bits per heavy atom. The minimum Gasteiger partial charge on any atom is -0.489 e. The summed E-state index contributed by atoms with van der Waals surface area (Å²) in [6, 6.07) is 12.4. The molecule has 1 unspecified atom stereocenters. The van der Waals surface area contributed by atoms with Crippen LogP contribution in [0.15, 0.2) is 48.5 Å². The molecule has 0 radical (unpaired) electrons. The van der Waals surface area contributed by atoms with Crippen LogP contribution >= 0.6 is 0 Å². The molecule has 2 aromatic rings. The molecule has 1 saturated carbocycles. The van der Waals surface area contributed by atoms with E-state index in [9.17, 15) is 14.0 Å². The predicted octanol–water partition coefficient (Wildman–Crippen LogP) is 3.19. The molecule has 0 spiro atoms. The van der Waals surface area contributed by atoms with E-state index >= 15 is 0 Å². The first-order valence-electron chi connectivity index (χ1n) is 8.85. The third-order valence-corrected chi connectivity index (χ3v) is 4.08. The van der Waals surface area contributed by atoms with Gasteiger partial charge in [-0.05, 0) is 49.6 Å². The number of benzene rings is 2. The SMILES string of the molecule is CC(Nc1cccc(OCc2ccc(F)cc2)c1)C(=O)NC(=O)NC1CC1. The molecule has 0 aromatic heterocycles. The highest BCUT2D eigenvalue weighted by atomic mass is 19.1. The van der Waals surface area contributed by atoms with Crippen molar-refractivity contribution in [2.45, 2.75) is 38.5 Å². The molecule has 0 bridgehead atoms. The Bertz CT molecular complexity index is 806. The smallest absolute Gasteiger partial charge is 0.321 e. The van der Waals surface area contributed by atoms with Crippen molar-refractivity contribution in [3.8, 4) is 5.75 Å². The maximum Gasteiger partial charge on any atom is 0.321 e. The Morgan fingerprint density at radius 2 is 1.93 bits per heavy atom. The van der Waals surface area contributed by atoms with Gasteiger partial charge in [-0.3, -0.25) is 10.1 Å². The molecule has 1 aliphatic carbocycles. The van der Waals surface area contributed by atoms with Crippen LogP contribution in [-0.2, 0) is 11.4 Å². The summed E-state index contributed by atoms with van der Waals surface area (Å²) in [6.07, 6.45) is 1.92. The van der Waals surface area contributed by atoms with E-state index in [1.165, 1.54) is 12.1 Å². The average molecular weight is 371 g/mol. The molecule has 6 nitrogen and oxygen atoms in total. The van der Waals surface area contributed by atoms with Crippen LogP contribution in [0.5, 0.6) is 5.75 Å². The molecular formula is C20H22FN3O3. The normalized spacial score (nSPS) is 14.1. The van der Waals surface area contributed by atoms with Gasteiger partial charge in [-0.1, -0.05) is 18.2 Å². The van der Waals surface area contributed by atoms with E-state index in [0.29, 0.717) is 18.0 Å². The Kier molecular flexibility index (Phi) is 5.90. The molecule has 0 saturated heterocycles. The number of ether oxygens (including phenoxy) is 1. The topological polar surface area (TPSA) is 79.5 Å². The Morgan fingerprint density at radius 1 is 1.19 bits per heavy atom. The molecule has 2 aromatic carbocycles. The average Bonchev–Trinajstić information content (AvgIpc) is 3.45. The number of carbonyl (C=O) groups is 2. The van der Waals surface area contributed by atoms with Gasteiger partial charge in [0.05, 0.1) is 0 Å². The van der Waals surface area contributed by atoms with Gasteiger partial charge in [-0.25, -0.2) is 9.18 Å². The maximum atomic E-state index is 12.9. The zero-order valence-corrected chi connectivity index (χ0v) is 15.0. The summed E-state index contributed by atoms with van der Waals surface area (Å²) in [5, 5.41) is 8.07. The van der Waals surface area contributed by atoms with Crippen LogP contribution in [-0.4, -0.2) is 24.0 Å². The van der Waals surface area contributed by atoms with Crippen molar-refractivity contribution in [3.63, 3.8) is 0 Å². The fourth-order valence-electron chi connectivity index (χ4n) is 2.41. The van der Waals surface area contributed by atoms with Gasteiger partial charge in [0.1, 0.15) is 24.2 Å². The van der Waals surface area contributed by atoms with E-state index in [2.05, 4.69) is 16.0 Å². The van der Waals surface area contributed by atoms with Crippen molar-refractivity contribution in [2.24, 2.45) is 0 Å². The van der Waals surface area contributed by atoms with Crippen molar-refractivity contribution in [1.29, 1.82) is 0 Å². The van der Waals surface area contributed by atoms with E-state index in [0.717, 1.165) is 18.4 Å². The van der Waals surface area contributed by atoms with E-state index in [-0.39, 0.29) is 11.9 Å². The number of carbonyl (C=O) groups excluding carboxylic acids is 2. The van der Waals surface area contributed by atoms with Crippen molar-refractivity contribution < 1.29 is 18.7 Å². The number of amides is 3. The van der Waals surface area contributed by atoms with Gasteiger partial charge in [0.25, 0.3) is 0 Å². The largest absolute Gasteiger partial charge is 0.489 e. The van der Waals surface area contributed by atoms with Gasteiger partial charge in [0.2, 0.25) is 5.91 Å². The lowest BCUT2D eigenvalue weighted by Gasteiger charge is -2.16. The molecule has 1 atom stereocenters. The van der Waals surface area contributed by atoms with Crippen LogP contribution in [0, 0.1) is 5.82 Å². The predicted molar refractivity (Wildman–Crippen MR) is 100.0 cm³/mol. The highest BCUT2D eigenvalue weighted by molar-refractivity contribution is 5.98. The molecule has 3 rings (SSSR count). The van der Waals surface area contributed by atoms with Gasteiger partial charge in [0, 0.05) is 17.8 Å². The number of hydrogen-bond donors (Lipinski definition) is 3. The van der Waals surface area contributed by atoms with Crippen LogP contribution in [0.25, 0.3) is 0 Å². The fourth-order valence-corrected chi connectivity index (χ4v) is 2.41. The van der Waals surface area contributed by atoms with Crippen LogP contribution in [0.1, 0.15) is 25.3 Å². The minimum atomic E-state index is -0.595. The minimum absolute atomic E-state index is 0.191. The van der Waals surface area contributed by atoms with E-state index in [1.807, 2.05) is 0 Å². The number of halogens is 1. The van der Waals surface area contributed by atoms with Gasteiger partial charge in [-0.2, -0.15) is 0 Å². The first kappa shape index (κ1) is 18.7. The summed E-state index contributed by atoms with van der Waals surface area (Å²) < 4.78 is 18.6. The lowest BCUT2D eigenvalue weighted by molar-refractivity contribution is -0.120. The highest BCUT2D eigenvalue weighted by Gasteiger charge is 2.24. The Hall–Kier alpha value is -3.09. The second-order valence-corrected chi connectivity index (χ2v) is 6.55. The quantitative estimate of drug-likeness (QED) is 0.698. The van der Waals surface area contributed by atoms with E-state index in [4.69, 9.17) is 4.74 Å². The first-order valence-corrected chi connectivity index (χ1v) is 8.85. The molecule has 27 heavy (non-hydrogen) atoms. The van der Waals surface area contributed by atoms with E-state index in [1.54, 1.807) is 43.3 Å². The second kappa shape index (κ2) is 8.53. The monoisotopic (exact) mass is 371 g/mol. The zero-order valence-electron chi connectivity index (χ0n) is 15.0. The standard InChI is InChI=1S/C20H22FN3O3/c1-13(19(25)24-20(26)23-16-9-10-16)22-17-3-2-4-18(11-17)27-12-14-5-7-15(21)8-6-14/h2-8,11,13,16,22H,9-10,12H2,1H3,(H2,23,24,25,26). The summed E-state index contributed by atoms with van der Waals surface area (Å²) in [4.78, 5) is 23.7. The van der Waals surface area contributed by atoms with Gasteiger partial charge in [-0.15, -0.1) is 0 Å². The van der Waals surface area contributed by atoms with E-state index < -0.39 is 18.0 Å². The van der Waals surface area contributed by atoms with Crippen LogP contribution in [0.2, 0.25) is 0 Å². The van der Waals surface area contributed by atoms with Crippen molar-refractivity contribution in [2.75, 3.05) is 5.32 Å². The van der Waals surface area contributed by atoms with Crippen LogP contribution in [0.3, 0.4) is 0 Å². The number of hydrogen-bond acceptors (Lipinski definition) is 4. The second-order valence-electron chi connectivity index (χ2n) is 6.55. The lowest BCUT2D eigenvalue weighted by Crippen LogP contribution is -2.46. The molecule has 3 N–H and O–H groups in total. The number of imide groups is 1. The number of anilines is 1. The molecule has 142 valence electrons. The summed E-state index contributed by atoms with van der Waals surface area (Å²) in [7, 11) is 0. The highest BCUT2D eigenvalue weighted by Crippen LogP contribution is 2.20. The zero-order chi connectivity index (χ0) is 19.2. The molecule has 0 aliphatic heterocycles. The fraction of sp³-hybridized carbons (Fsp3) is 0.300. The van der Waals surface area contributed by atoms with Crippen molar-refractivity contribution in [1.82, 2.24) is 10.6 Å². The van der Waals surface area contributed by atoms with Gasteiger partial charge >= 0.3 is 6.03 Å². The molecule has 1 aliphatic rings. The molecule has 7 heteroatoms. The summed E-state index contributed by atoms with van der Waals surface area (Å²) >= 11 is 0. The number of rotatable bonds is 7. The van der Waals surface area contributed by atoms with Gasteiger partial charge < -0.3 is 15.4 Å². The van der Waals surface area contributed by atoms with Crippen molar-refractivity contribution >= 4 is 17.6 Å². The molecule has 1 fully saturated rings. The summed E-state index contributed by atoms with van der Waals surface area (Å²) in [5.41, 5.74) is 1.54. The third kappa shape index (κ3) is 5.99. The summed E-state index contributed by atoms with van der Waals surface area (Å²) in [5.74, 6) is -0.0859. The maximum absolute atomic E-state index is 12.9. The van der Waals surface area contributed by atoms with Crippen LogP contribution < -0.4 is 20.7 Å². The van der Waals surface area contributed by atoms with Crippen molar-refractivity contribution in [3.05, 3.63) is 59.9 Å². The number of nitrogens with one attached hydrogen (secondary N) is 3. The third-order valence-electron chi connectivity index (χ3n) is 4.08. The molecule has 0 heterocycles. The van der Waals surface area contributed by atoms with Crippen LogP contribution in [0.4, 0.5) is 14.9 Å². The Balaban J connectivity index is 1.50. The Labute approximate surface area is 157 Å². The van der Waals surface area contributed by atoms with Gasteiger partial charge in [0.15, 0.2) is 0 Å². The first-order chi connectivity index (χ1) is 13.0. The lowest BCUT2D eigenvalue weighted by atomic mass is 10.2. The molecule has 3 amide bonds. The molecular weight excluding hydrogens is 349 g/mol.